The second-order valence-corrected chi connectivity index (χ2v) is 7.33. The highest BCUT2D eigenvalue weighted by Gasteiger charge is 2.22. The highest BCUT2D eigenvalue weighted by Crippen LogP contribution is 2.15. The van der Waals surface area contributed by atoms with Crippen LogP contribution in [0.2, 0.25) is 0 Å². The normalized spacial score (nSPS) is 15.1. The van der Waals surface area contributed by atoms with Crippen molar-refractivity contribution < 1.29 is 14.1 Å². The molecule has 0 saturated carbocycles. The van der Waals surface area contributed by atoms with Crippen molar-refractivity contribution in [3.63, 3.8) is 0 Å². The molecule has 1 aromatic carbocycles. The lowest BCUT2D eigenvalue weighted by atomic mass is 9.99. The molecule has 27 heavy (non-hydrogen) atoms. The smallest absolute Gasteiger partial charge is 0.223 e. The third-order valence-corrected chi connectivity index (χ3v) is 5.04. The average Bonchev–Trinajstić information content (AvgIpc) is 3.06. The van der Waals surface area contributed by atoms with E-state index in [9.17, 15) is 9.59 Å². The minimum absolute atomic E-state index is 0.0453. The van der Waals surface area contributed by atoms with Gasteiger partial charge >= 0.3 is 0 Å². The van der Waals surface area contributed by atoms with Gasteiger partial charge in [0, 0.05) is 50.7 Å². The molecule has 3 rings (SSSR count). The number of Topliss-reactive ketones (excluding diaryl/α,β-unsaturated/α-hetero) is 1. The lowest BCUT2D eigenvalue weighted by Crippen LogP contribution is -2.48. The highest BCUT2D eigenvalue weighted by atomic mass is 16.5. The van der Waals surface area contributed by atoms with Gasteiger partial charge in [-0.1, -0.05) is 22.9 Å². The molecule has 0 spiro atoms. The molecule has 2 aromatic rings. The molecule has 144 valence electrons. The number of rotatable bonds is 6. The molecule has 1 saturated heterocycles. The number of aryl methyl sites for hydroxylation is 3. The van der Waals surface area contributed by atoms with Crippen molar-refractivity contribution in [2.24, 2.45) is 0 Å². The van der Waals surface area contributed by atoms with Crippen LogP contribution in [-0.2, 0) is 11.3 Å². The summed E-state index contributed by atoms with van der Waals surface area (Å²) < 4.78 is 5.26. The zero-order valence-corrected chi connectivity index (χ0v) is 16.3. The van der Waals surface area contributed by atoms with Crippen molar-refractivity contribution in [1.82, 2.24) is 15.0 Å². The van der Waals surface area contributed by atoms with Crippen LogP contribution < -0.4 is 0 Å². The molecule has 1 aliphatic heterocycles. The van der Waals surface area contributed by atoms with Crippen LogP contribution in [0.3, 0.4) is 0 Å². The lowest BCUT2D eigenvalue weighted by molar-refractivity contribution is -0.133. The first-order valence-electron chi connectivity index (χ1n) is 9.45. The molecule has 2 heterocycles. The third kappa shape index (κ3) is 5.04. The zero-order chi connectivity index (χ0) is 19.4. The summed E-state index contributed by atoms with van der Waals surface area (Å²) in [5.41, 5.74) is 3.64. The van der Waals surface area contributed by atoms with E-state index < -0.39 is 0 Å². The Bertz CT molecular complexity index is 820. The summed E-state index contributed by atoms with van der Waals surface area (Å²) in [6, 6.07) is 7.80. The van der Waals surface area contributed by atoms with E-state index in [4.69, 9.17) is 4.52 Å². The monoisotopic (exact) mass is 369 g/mol. The number of carbonyl (C=O) groups is 2. The minimum Gasteiger partial charge on any atom is -0.360 e. The first-order valence-corrected chi connectivity index (χ1v) is 9.45. The quantitative estimate of drug-likeness (QED) is 0.733. The number of hydrogen-bond donors (Lipinski definition) is 0. The van der Waals surface area contributed by atoms with Gasteiger partial charge in [0.2, 0.25) is 5.91 Å². The van der Waals surface area contributed by atoms with E-state index in [1.165, 1.54) is 0 Å². The van der Waals surface area contributed by atoms with Crippen LogP contribution in [-0.4, -0.2) is 52.8 Å². The van der Waals surface area contributed by atoms with Crippen molar-refractivity contribution >= 4 is 11.7 Å². The molecule has 1 aliphatic rings. The van der Waals surface area contributed by atoms with Crippen molar-refractivity contribution in [1.29, 1.82) is 0 Å². The van der Waals surface area contributed by atoms with E-state index in [-0.39, 0.29) is 24.5 Å². The third-order valence-electron chi connectivity index (χ3n) is 5.04. The fourth-order valence-electron chi connectivity index (χ4n) is 3.42. The maximum absolute atomic E-state index is 12.5. The number of aromatic nitrogens is 1. The zero-order valence-electron chi connectivity index (χ0n) is 16.3. The van der Waals surface area contributed by atoms with Crippen LogP contribution in [0.1, 0.15) is 45.8 Å². The van der Waals surface area contributed by atoms with Crippen molar-refractivity contribution in [2.45, 2.75) is 40.2 Å². The Balaban J connectivity index is 1.45. The van der Waals surface area contributed by atoms with Crippen LogP contribution >= 0.6 is 0 Å². The molecule has 0 N–H and O–H groups in total. The van der Waals surface area contributed by atoms with Gasteiger partial charge in [0.1, 0.15) is 0 Å². The van der Waals surface area contributed by atoms with Gasteiger partial charge in [0.05, 0.1) is 12.2 Å². The number of amides is 1. The van der Waals surface area contributed by atoms with E-state index in [1.54, 1.807) is 0 Å². The highest BCUT2D eigenvalue weighted by molar-refractivity contribution is 5.99. The SMILES string of the molecule is Cc1ccc(C)c(C(=O)CCC(=O)N2CCN(Cc3cc(C)no3)CC2)c1. The fraction of sp³-hybridized carbons (Fsp3) is 0.476. The maximum Gasteiger partial charge on any atom is 0.223 e. The van der Waals surface area contributed by atoms with E-state index in [2.05, 4.69) is 10.1 Å². The van der Waals surface area contributed by atoms with Crippen LogP contribution in [0.25, 0.3) is 0 Å². The maximum atomic E-state index is 12.5. The molecule has 0 bridgehead atoms. The standard InChI is InChI=1S/C21H27N3O3/c1-15-4-5-16(2)19(12-15)20(25)6-7-21(26)24-10-8-23(9-11-24)14-18-13-17(3)22-27-18/h4-5,12-13H,6-11,14H2,1-3H3. The van der Waals surface area contributed by atoms with Gasteiger partial charge < -0.3 is 9.42 Å². The summed E-state index contributed by atoms with van der Waals surface area (Å²) >= 11 is 0. The van der Waals surface area contributed by atoms with E-state index >= 15 is 0 Å². The topological polar surface area (TPSA) is 66.7 Å². The molecular weight excluding hydrogens is 342 g/mol. The van der Waals surface area contributed by atoms with E-state index in [0.29, 0.717) is 19.6 Å². The summed E-state index contributed by atoms with van der Waals surface area (Å²) in [6.45, 7) is 9.50. The molecule has 6 nitrogen and oxygen atoms in total. The Morgan fingerprint density at radius 1 is 1.04 bits per heavy atom. The minimum atomic E-state index is 0.0453. The van der Waals surface area contributed by atoms with Gasteiger partial charge in [0.25, 0.3) is 0 Å². The summed E-state index contributed by atoms with van der Waals surface area (Å²) in [4.78, 5) is 29.1. The molecule has 0 aliphatic carbocycles. The van der Waals surface area contributed by atoms with Gasteiger partial charge in [-0.3, -0.25) is 14.5 Å². The first-order chi connectivity index (χ1) is 12.9. The number of ketones is 1. The second kappa shape index (κ2) is 8.48. The number of carbonyl (C=O) groups excluding carboxylic acids is 2. The van der Waals surface area contributed by atoms with Crippen LogP contribution in [0, 0.1) is 20.8 Å². The lowest BCUT2D eigenvalue weighted by Gasteiger charge is -2.34. The fourth-order valence-corrected chi connectivity index (χ4v) is 3.42. The Morgan fingerprint density at radius 3 is 2.44 bits per heavy atom. The first kappa shape index (κ1) is 19.3. The summed E-state index contributed by atoms with van der Waals surface area (Å²) in [7, 11) is 0. The molecule has 1 fully saturated rings. The number of piperazine rings is 1. The van der Waals surface area contributed by atoms with E-state index in [1.807, 2.05) is 49.9 Å². The van der Waals surface area contributed by atoms with Crippen molar-refractivity contribution in [3.05, 3.63) is 52.4 Å². The Hall–Kier alpha value is -2.47. The van der Waals surface area contributed by atoms with Crippen LogP contribution in [0.5, 0.6) is 0 Å². The van der Waals surface area contributed by atoms with Crippen LogP contribution in [0.4, 0.5) is 0 Å². The molecular formula is C21H27N3O3. The number of nitrogens with zero attached hydrogens (tertiary/aromatic N) is 3. The van der Waals surface area contributed by atoms with E-state index in [0.717, 1.165) is 41.2 Å². The molecule has 6 heteroatoms. The van der Waals surface area contributed by atoms with Gasteiger partial charge in [-0.2, -0.15) is 0 Å². The molecule has 0 radical (unpaired) electrons. The van der Waals surface area contributed by atoms with Crippen molar-refractivity contribution in [3.8, 4) is 0 Å². The number of benzene rings is 1. The average molecular weight is 369 g/mol. The Morgan fingerprint density at radius 2 is 1.78 bits per heavy atom. The van der Waals surface area contributed by atoms with Gasteiger partial charge in [-0.25, -0.2) is 0 Å². The largest absolute Gasteiger partial charge is 0.360 e. The van der Waals surface area contributed by atoms with Gasteiger partial charge in [-0.05, 0) is 32.4 Å². The van der Waals surface area contributed by atoms with Crippen LogP contribution in [0.15, 0.2) is 28.8 Å². The molecule has 0 unspecified atom stereocenters. The summed E-state index contributed by atoms with van der Waals surface area (Å²) in [5, 5.41) is 3.90. The van der Waals surface area contributed by atoms with Gasteiger partial charge in [-0.15, -0.1) is 0 Å². The summed E-state index contributed by atoms with van der Waals surface area (Å²) in [6.07, 6.45) is 0.536. The molecule has 1 amide bonds. The Labute approximate surface area is 160 Å². The summed E-state index contributed by atoms with van der Waals surface area (Å²) in [5.74, 6) is 0.957. The predicted molar refractivity (Wildman–Crippen MR) is 103 cm³/mol. The second-order valence-electron chi connectivity index (χ2n) is 7.33. The number of hydrogen-bond acceptors (Lipinski definition) is 5. The molecule has 1 aromatic heterocycles. The van der Waals surface area contributed by atoms with Crippen molar-refractivity contribution in [2.75, 3.05) is 26.2 Å². The van der Waals surface area contributed by atoms with Gasteiger partial charge in [0.15, 0.2) is 11.5 Å². The predicted octanol–water partition coefficient (Wildman–Crippen LogP) is 2.91. The Kier molecular flexibility index (Phi) is 6.06. The molecule has 0 atom stereocenters.